The average Bonchev–Trinajstić information content (AvgIpc) is 2.88. The van der Waals surface area contributed by atoms with Crippen LogP contribution in [-0.2, 0) is 36.3 Å². The molecule has 0 saturated carbocycles. The van der Waals surface area contributed by atoms with Crippen LogP contribution in [0, 0.1) is 5.82 Å². The van der Waals surface area contributed by atoms with Crippen LogP contribution in [0.25, 0.3) is 0 Å². The minimum atomic E-state index is -3.68. The molecule has 1 N–H and O–H groups in total. The van der Waals surface area contributed by atoms with E-state index in [4.69, 9.17) is 9.47 Å². The van der Waals surface area contributed by atoms with Gasteiger partial charge in [-0.3, -0.25) is 4.79 Å². The van der Waals surface area contributed by atoms with E-state index in [0.29, 0.717) is 63.2 Å². The Balaban J connectivity index is 1.59. The monoisotopic (exact) mass is 518 g/mol. The number of nitrogens with zero attached hydrogens (tertiary/aromatic N) is 1. The molecule has 0 radical (unpaired) electrons. The van der Waals surface area contributed by atoms with E-state index in [2.05, 4.69) is 5.32 Å². The van der Waals surface area contributed by atoms with Crippen LogP contribution in [0.1, 0.15) is 54.5 Å². The predicted octanol–water partition coefficient (Wildman–Crippen LogP) is 3.69. The van der Waals surface area contributed by atoms with E-state index in [9.17, 15) is 13.2 Å². The third-order valence-corrected chi connectivity index (χ3v) is 9.87. The molecule has 7 nitrogen and oxygen atoms in total. The van der Waals surface area contributed by atoms with Crippen molar-refractivity contribution in [3.63, 3.8) is 0 Å². The largest absolute Gasteiger partial charge is 0.383 e. The molecular formula is C27H35FN2O5S. The summed E-state index contributed by atoms with van der Waals surface area (Å²) in [4.78, 5) is 13.2. The zero-order chi connectivity index (χ0) is 25.8. The summed E-state index contributed by atoms with van der Waals surface area (Å²) in [5.41, 5.74) is 0.739. The molecule has 2 saturated heterocycles. The van der Waals surface area contributed by atoms with Crippen LogP contribution < -0.4 is 5.32 Å². The van der Waals surface area contributed by atoms with Crippen LogP contribution in [0.15, 0.2) is 48.5 Å². The van der Waals surface area contributed by atoms with Gasteiger partial charge < -0.3 is 14.8 Å². The fraction of sp³-hybridized carbons (Fsp3) is 0.519. The molecule has 2 fully saturated rings. The van der Waals surface area contributed by atoms with E-state index in [1.165, 1.54) is 10.4 Å². The maximum atomic E-state index is 15.5. The van der Waals surface area contributed by atoms with Gasteiger partial charge in [-0.2, -0.15) is 4.31 Å². The highest BCUT2D eigenvalue weighted by Gasteiger charge is 2.43. The van der Waals surface area contributed by atoms with Crippen LogP contribution in [0.5, 0.6) is 0 Å². The van der Waals surface area contributed by atoms with Crippen molar-refractivity contribution in [2.24, 2.45) is 0 Å². The number of ether oxygens (including phenoxy) is 2. The smallest absolute Gasteiger partial charge is 0.230 e. The van der Waals surface area contributed by atoms with Crippen molar-refractivity contribution in [3.8, 4) is 0 Å². The molecular weight excluding hydrogens is 483 g/mol. The summed E-state index contributed by atoms with van der Waals surface area (Å²) in [6, 6.07) is 13.7. The van der Waals surface area contributed by atoms with Crippen LogP contribution in [0.3, 0.4) is 0 Å². The molecule has 2 aliphatic rings. The van der Waals surface area contributed by atoms with Crippen molar-refractivity contribution < 1.29 is 27.1 Å². The summed E-state index contributed by atoms with van der Waals surface area (Å²) >= 11 is 0. The molecule has 0 bridgehead atoms. The molecule has 0 aromatic heterocycles. The lowest BCUT2D eigenvalue weighted by molar-refractivity contribution is -0.130. The molecule has 4 rings (SSSR count). The lowest BCUT2D eigenvalue weighted by atomic mass is 9.73. The summed E-state index contributed by atoms with van der Waals surface area (Å²) in [5.74, 6) is -0.680. The normalized spacial score (nSPS) is 23.8. The Morgan fingerprint density at radius 1 is 1.17 bits per heavy atom. The van der Waals surface area contributed by atoms with Crippen molar-refractivity contribution in [2.75, 3.05) is 33.5 Å². The Labute approximate surface area is 213 Å². The number of benzene rings is 2. The number of halogens is 1. The molecule has 0 spiro atoms. The average molecular weight is 519 g/mol. The molecule has 1 amide bonds. The Hall–Kier alpha value is -2.33. The fourth-order valence-electron chi connectivity index (χ4n) is 5.30. The zero-order valence-corrected chi connectivity index (χ0v) is 21.7. The first-order valence-corrected chi connectivity index (χ1v) is 14.0. The number of carbonyl (C=O) groups is 1. The Morgan fingerprint density at radius 2 is 1.89 bits per heavy atom. The van der Waals surface area contributed by atoms with Crippen molar-refractivity contribution >= 4 is 15.9 Å². The SMILES string of the molecule is COCCNC(=O)C1(c2ccc(CN3[C@@H](C)CC[C@H](c4ccccc4)S3(=O)=O)c(F)c2)CCOCC1. The lowest BCUT2D eigenvalue weighted by Crippen LogP contribution is -2.48. The number of sulfonamides is 1. The van der Waals surface area contributed by atoms with Gasteiger partial charge in [0.15, 0.2) is 0 Å². The van der Waals surface area contributed by atoms with Gasteiger partial charge in [0, 0.05) is 45.0 Å². The van der Waals surface area contributed by atoms with Gasteiger partial charge in [0.1, 0.15) is 11.1 Å². The predicted molar refractivity (Wildman–Crippen MR) is 135 cm³/mol. The molecule has 2 atom stereocenters. The molecule has 2 aromatic rings. The van der Waals surface area contributed by atoms with Gasteiger partial charge in [0.25, 0.3) is 0 Å². The Bertz CT molecular complexity index is 1150. The molecule has 2 heterocycles. The number of methoxy groups -OCH3 is 1. The second-order valence-electron chi connectivity index (χ2n) is 9.67. The maximum absolute atomic E-state index is 15.5. The summed E-state index contributed by atoms with van der Waals surface area (Å²) in [7, 11) is -2.11. The Morgan fingerprint density at radius 3 is 2.56 bits per heavy atom. The third kappa shape index (κ3) is 5.34. The molecule has 2 aliphatic heterocycles. The van der Waals surface area contributed by atoms with Crippen molar-refractivity contribution in [1.82, 2.24) is 9.62 Å². The molecule has 36 heavy (non-hydrogen) atoms. The standard InChI is InChI=1S/C27H35FN2O5S/c1-20-8-11-25(21-6-4-3-5-7-21)36(32,33)30(20)19-22-9-10-23(18-24(22)28)27(12-15-35-16-13-27)26(31)29-14-17-34-2/h3-7,9-10,18,20,25H,8,11-17,19H2,1-2H3,(H,29,31)/t20-,25+/m0/s1. The summed E-state index contributed by atoms with van der Waals surface area (Å²) in [6.45, 7) is 3.39. The highest BCUT2D eigenvalue weighted by Crippen LogP contribution is 2.39. The number of rotatable bonds is 8. The quantitative estimate of drug-likeness (QED) is 0.539. The first-order chi connectivity index (χ1) is 17.3. The molecule has 0 unspecified atom stereocenters. The minimum absolute atomic E-state index is 0.0465. The van der Waals surface area contributed by atoms with Gasteiger partial charge in [0.2, 0.25) is 15.9 Å². The second-order valence-corrected chi connectivity index (χ2v) is 11.7. The fourth-order valence-corrected chi connectivity index (χ4v) is 7.48. The van der Waals surface area contributed by atoms with Crippen LogP contribution >= 0.6 is 0 Å². The van der Waals surface area contributed by atoms with Crippen molar-refractivity contribution in [2.45, 2.75) is 55.9 Å². The number of hydrogen-bond acceptors (Lipinski definition) is 5. The summed E-state index contributed by atoms with van der Waals surface area (Å²) < 4.78 is 54.5. The van der Waals surface area contributed by atoms with Gasteiger partial charge in [-0.15, -0.1) is 0 Å². The Kier molecular flexibility index (Phi) is 8.44. The van der Waals surface area contributed by atoms with E-state index in [0.717, 1.165) is 5.56 Å². The minimum Gasteiger partial charge on any atom is -0.383 e. The third-order valence-electron chi connectivity index (χ3n) is 7.50. The van der Waals surface area contributed by atoms with Crippen molar-refractivity contribution in [1.29, 1.82) is 0 Å². The highest BCUT2D eigenvalue weighted by atomic mass is 32.2. The topological polar surface area (TPSA) is 84.9 Å². The van der Waals surface area contributed by atoms with E-state index >= 15 is 4.39 Å². The van der Waals surface area contributed by atoms with Gasteiger partial charge in [-0.25, -0.2) is 12.8 Å². The van der Waals surface area contributed by atoms with Gasteiger partial charge >= 0.3 is 0 Å². The molecule has 0 aliphatic carbocycles. The van der Waals surface area contributed by atoms with Crippen LogP contribution in [0.2, 0.25) is 0 Å². The lowest BCUT2D eigenvalue weighted by Gasteiger charge is -2.38. The van der Waals surface area contributed by atoms with Crippen LogP contribution in [0.4, 0.5) is 4.39 Å². The first-order valence-electron chi connectivity index (χ1n) is 12.5. The number of carbonyl (C=O) groups excluding carboxylic acids is 1. The van der Waals surface area contributed by atoms with Crippen LogP contribution in [-0.4, -0.2) is 58.1 Å². The van der Waals surface area contributed by atoms with E-state index in [-0.39, 0.29) is 18.5 Å². The van der Waals surface area contributed by atoms with Gasteiger partial charge in [-0.1, -0.05) is 42.5 Å². The summed E-state index contributed by atoms with van der Waals surface area (Å²) in [5, 5.41) is 2.26. The number of amides is 1. The van der Waals surface area contributed by atoms with E-state index in [1.807, 2.05) is 37.3 Å². The molecule has 196 valence electrons. The first kappa shape index (κ1) is 26.7. The van der Waals surface area contributed by atoms with E-state index in [1.54, 1.807) is 19.2 Å². The summed E-state index contributed by atoms with van der Waals surface area (Å²) in [6.07, 6.45) is 2.12. The number of hydrogen-bond donors (Lipinski definition) is 1. The number of nitrogens with one attached hydrogen (secondary N) is 1. The maximum Gasteiger partial charge on any atom is 0.230 e. The van der Waals surface area contributed by atoms with Crippen molar-refractivity contribution in [3.05, 3.63) is 71.0 Å². The highest BCUT2D eigenvalue weighted by molar-refractivity contribution is 7.89. The van der Waals surface area contributed by atoms with E-state index < -0.39 is 26.5 Å². The molecule has 9 heteroatoms. The molecule has 2 aromatic carbocycles. The second kappa shape index (κ2) is 11.4. The van der Waals surface area contributed by atoms with Gasteiger partial charge in [0.05, 0.1) is 12.0 Å². The van der Waals surface area contributed by atoms with Gasteiger partial charge in [-0.05, 0) is 49.8 Å². The zero-order valence-electron chi connectivity index (χ0n) is 20.9.